The van der Waals surface area contributed by atoms with Crippen LogP contribution in [0.4, 0.5) is 0 Å². The van der Waals surface area contributed by atoms with Gasteiger partial charge in [0.2, 0.25) is 0 Å². The fourth-order valence-electron chi connectivity index (χ4n) is 3.23. The predicted molar refractivity (Wildman–Crippen MR) is 133 cm³/mol. The van der Waals surface area contributed by atoms with Gasteiger partial charge in [0.25, 0.3) is 5.91 Å². The average molecular weight is 519 g/mol. The van der Waals surface area contributed by atoms with Crippen molar-refractivity contribution in [3.63, 3.8) is 0 Å². The van der Waals surface area contributed by atoms with E-state index in [9.17, 15) is 14.9 Å². The number of nitrogens with one attached hydrogen (secondary N) is 1. The first-order chi connectivity index (χ1) is 16.5. The smallest absolute Gasteiger partial charge is 0.335 e. The van der Waals surface area contributed by atoms with Crippen molar-refractivity contribution in [1.82, 2.24) is 5.32 Å². The van der Waals surface area contributed by atoms with E-state index in [-0.39, 0.29) is 17.7 Å². The number of aromatic carboxylic acids is 1. The van der Waals surface area contributed by atoms with Crippen LogP contribution in [0.15, 0.2) is 82.8 Å². The lowest BCUT2D eigenvalue weighted by Crippen LogP contribution is -2.25. The summed E-state index contributed by atoms with van der Waals surface area (Å²) in [6.45, 7) is 0.677. The highest BCUT2D eigenvalue weighted by Crippen LogP contribution is 2.28. The zero-order valence-corrected chi connectivity index (χ0v) is 19.9. The molecule has 7 heteroatoms. The lowest BCUT2D eigenvalue weighted by atomic mass is 10.1. The molecule has 0 fully saturated rings. The second kappa shape index (κ2) is 12.4. The number of hydrogen-bond acceptors (Lipinski definition) is 4. The summed E-state index contributed by atoms with van der Waals surface area (Å²) in [4.78, 5) is 23.5. The van der Waals surface area contributed by atoms with Crippen molar-refractivity contribution in [1.29, 1.82) is 5.26 Å². The topological polar surface area (TPSA) is 99.4 Å². The van der Waals surface area contributed by atoms with Crippen molar-refractivity contribution in [2.24, 2.45) is 0 Å². The highest BCUT2D eigenvalue weighted by atomic mass is 79.9. The number of ether oxygens (including phenoxy) is 1. The highest BCUT2D eigenvalue weighted by Gasteiger charge is 2.10. The minimum atomic E-state index is -0.993. The standard InChI is InChI=1S/C27H23BrN2O4/c28-24-16-20(11-12-25(24)34-18-21-8-4-10-22(15-21)27(32)33)14-23(17-29)26(31)30-13-5-9-19-6-2-1-3-7-19/h1-4,6-8,10-12,14-16H,5,9,13,18H2,(H,30,31)(H,32,33)/b23-14-. The van der Waals surface area contributed by atoms with Gasteiger partial charge < -0.3 is 15.2 Å². The maximum atomic E-state index is 12.4. The van der Waals surface area contributed by atoms with E-state index in [1.165, 1.54) is 17.7 Å². The van der Waals surface area contributed by atoms with Gasteiger partial charge in [0.1, 0.15) is 24.0 Å². The fraction of sp³-hybridized carbons (Fsp3) is 0.148. The summed E-state index contributed by atoms with van der Waals surface area (Å²) in [5.74, 6) is -0.847. The van der Waals surface area contributed by atoms with E-state index < -0.39 is 11.9 Å². The van der Waals surface area contributed by atoms with E-state index in [1.807, 2.05) is 36.4 Å². The van der Waals surface area contributed by atoms with E-state index in [1.54, 1.807) is 36.4 Å². The zero-order chi connectivity index (χ0) is 24.3. The van der Waals surface area contributed by atoms with Crippen LogP contribution in [0.1, 0.15) is 33.5 Å². The minimum absolute atomic E-state index is 0.0192. The summed E-state index contributed by atoms with van der Waals surface area (Å²) in [5.41, 5.74) is 2.82. The largest absolute Gasteiger partial charge is 0.488 e. The van der Waals surface area contributed by atoms with Crippen LogP contribution < -0.4 is 10.1 Å². The molecule has 1 amide bonds. The Bertz CT molecular complexity index is 1230. The van der Waals surface area contributed by atoms with Gasteiger partial charge in [0.05, 0.1) is 10.0 Å². The van der Waals surface area contributed by atoms with Gasteiger partial charge in [-0.3, -0.25) is 4.79 Å². The monoisotopic (exact) mass is 518 g/mol. The number of aryl methyl sites for hydroxylation is 1. The first kappa shape index (κ1) is 24.7. The molecule has 2 N–H and O–H groups in total. The lowest BCUT2D eigenvalue weighted by Gasteiger charge is -2.10. The zero-order valence-electron chi connectivity index (χ0n) is 18.3. The highest BCUT2D eigenvalue weighted by molar-refractivity contribution is 9.10. The summed E-state index contributed by atoms with van der Waals surface area (Å²) in [6.07, 6.45) is 3.15. The van der Waals surface area contributed by atoms with Crippen LogP contribution in [0.25, 0.3) is 6.08 Å². The molecule has 3 aromatic carbocycles. The first-order valence-electron chi connectivity index (χ1n) is 10.6. The molecule has 0 bridgehead atoms. The molecule has 0 aliphatic heterocycles. The fourth-order valence-corrected chi connectivity index (χ4v) is 3.74. The van der Waals surface area contributed by atoms with E-state index in [0.29, 0.717) is 22.3 Å². The number of nitrogens with zero attached hydrogens (tertiary/aromatic N) is 1. The van der Waals surface area contributed by atoms with Crippen molar-refractivity contribution in [3.8, 4) is 11.8 Å². The summed E-state index contributed by atoms with van der Waals surface area (Å²) in [5, 5.41) is 21.3. The molecule has 6 nitrogen and oxygen atoms in total. The molecule has 0 atom stereocenters. The van der Waals surface area contributed by atoms with Crippen molar-refractivity contribution in [2.45, 2.75) is 19.4 Å². The number of nitriles is 1. The van der Waals surface area contributed by atoms with Crippen LogP contribution in [0, 0.1) is 11.3 Å². The number of carbonyl (C=O) groups excluding carboxylic acids is 1. The van der Waals surface area contributed by atoms with Crippen molar-refractivity contribution in [2.75, 3.05) is 6.54 Å². The SMILES string of the molecule is N#C/C(=C/c1ccc(OCc2cccc(C(=O)O)c2)c(Br)c1)C(=O)NCCCc1ccccc1. The third-order valence-electron chi connectivity index (χ3n) is 4.97. The Morgan fingerprint density at radius 3 is 2.50 bits per heavy atom. The molecule has 0 aliphatic carbocycles. The van der Waals surface area contributed by atoms with E-state index in [4.69, 9.17) is 9.84 Å². The third kappa shape index (κ3) is 7.32. The maximum Gasteiger partial charge on any atom is 0.335 e. The van der Waals surface area contributed by atoms with Gasteiger partial charge in [-0.1, -0.05) is 48.5 Å². The predicted octanol–water partition coefficient (Wildman–Crippen LogP) is 5.38. The molecule has 0 radical (unpaired) electrons. The summed E-state index contributed by atoms with van der Waals surface area (Å²) < 4.78 is 6.44. The van der Waals surface area contributed by atoms with Crippen LogP contribution in [0.3, 0.4) is 0 Å². The van der Waals surface area contributed by atoms with Crippen LogP contribution >= 0.6 is 15.9 Å². The number of carbonyl (C=O) groups is 2. The average Bonchev–Trinajstić information content (AvgIpc) is 2.85. The molecule has 34 heavy (non-hydrogen) atoms. The minimum Gasteiger partial charge on any atom is -0.488 e. The number of rotatable bonds is 10. The molecule has 0 saturated heterocycles. The van der Waals surface area contributed by atoms with Crippen LogP contribution in [0.5, 0.6) is 5.75 Å². The van der Waals surface area contributed by atoms with Gasteiger partial charge in [-0.05, 0) is 75.8 Å². The molecular weight excluding hydrogens is 496 g/mol. The Morgan fingerprint density at radius 1 is 1.03 bits per heavy atom. The summed E-state index contributed by atoms with van der Waals surface area (Å²) in [7, 11) is 0. The second-order valence-corrected chi connectivity index (χ2v) is 8.35. The van der Waals surface area contributed by atoms with Crippen LogP contribution in [0.2, 0.25) is 0 Å². The maximum absolute atomic E-state index is 12.4. The van der Waals surface area contributed by atoms with Gasteiger partial charge in [-0.2, -0.15) is 5.26 Å². The van der Waals surface area contributed by atoms with E-state index in [0.717, 1.165) is 18.4 Å². The van der Waals surface area contributed by atoms with Crippen LogP contribution in [-0.2, 0) is 17.8 Å². The molecule has 0 spiro atoms. The third-order valence-corrected chi connectivity index (χ3v) is 5.59. The second-order valence-electron chi connectivity index (χ2n) is 7.50. The number of carboxylic acid groups (broad SMARTS) is 1. The van der Waals surface area contributed by atoms with Gasteiger partial charge in [0, 0.05) is 6.54 Å². The van der Waals surface area contributed by atoms with Gasteiger partial charge >= 0.3 is 5.97 Å². The molecule has 0 aromatic heterocycles. The Hall–Kier alpha value is -3.89. The van der Waals surface area contributed by atoms with Crippen molar-refractivity contribution in [3.05, 3.63) is 105 Å². The Labute approximate surface area is 206 Å². The number of benzene rings is 3. The Balaban J connectivity index is 1.57. The van der Waals surface area contributed by atoms with Gasteiger partial charge in [0.15, 0.2) is 0 Å². The molecular formula is C27H23BrN2O4. The molecule has 0 aliphatic rings. The number of halogens is 1. The quantitative estimate of drug-likeness (QED) is 0.213. The molecule has 0 saturated carbocycles. The Morgan fingerprint density at radius 2 is 1.79 bits per heavy atom. The summed E-state index contributed by atoms with van der Waals surface area (Å²) >= 11 is 3.45. The molecule has 3 rings (SSSR count). The summed E-state index contributed by atoms with van der Waals surface area (Å²) in [6, 6.07) is 23.7. The number of carboxylic acids is 1. The van der Waals surface area contributed by atoms with Crippen LogP contribution in [-0.4, -0.2) is 23.5 Å². The molecule has 0 heterocycles. The number of hydrogen-bond donors (Lipinski definition) is 2. The first-order valence-corrected chi connectivity index (χ1v) is 11.4. The van der Waals surface area contributed by atoms with Gasteiger partial charge in [-0.15, -0.1) is 0 Å². The Kier molecular flexibility index (Phi) is 9.01. The van der Waals surface area contributed by atoms with Gasteiger partial charge in [-0.25, -0.2) is 4.79 Å². The van der Waals surface area contributed by atoms with E-state index in [2.05, 4.69) is 21.2 Å². The van der Waals surface area contributed by atoms with Crippen molar-refractivity contribution < 1.29 is 19.4 Å². The normalized spacial score (nSPS) is 10.9. The molecule has 0 unspecified atom stereocenters. The number of amides is 1. The molecule has 172 valence electrons. The lowest BCUT2D eigenvalue weighted by molar-refractivity contribution is -0.117. The van der Waals surface area contributed by atoms with Crippen molar-refractivity contribution >= 4 is 33.9 Å². The van der Waals surface area contributed by atoms with E-state index >= 15 is 0 Å². The molecule has 3 aromatic rings.